The summed E-state index contributed by atoms with van der Waals surface area (Å²) in [5.74, 6) is -0.509. The van der Waals surface area contributed by atoms with Crippen LogP contribution in [0.15, 0.2) is 41.3 Å². The van der Waals surface area contributed by atoms with Gasteiger partial charge in [-0.25, -0.2) is 12.8 Å². The Morgan fingerprint density at radius 3 is 2.35 bits per heavy atom. The van der Waals surface area contributed by atoms with Crippen molar-refractivity contribution in [3.63, 3.8) is 0 Å². The first kappa shape index (κ1) is 14.6. The lowest BCUT2D eigenvalue weighted by atomic mass is 10.2. The number of halogens is 2. The molecule has 0 aliphatic heterocycles. The van der Waals surface area contributed by atoms with Crippen LogP contribution in [0.3, 0.4) is 0 Å². The first-order chi connectivity index (χ1) is 9.29. The fourth-order valence-corrected chi connectivity index (χ4v) is 3.24. The fraction of sp³-hybridized carbons (Fsp3) is 0.0769. The first-order valence-corrected chi connectivity index (χ1v) is 7.50. The van der Waals surface area contributed by atoms with Crippen molar-refractivity contribution < 1.29 is 12.8 Å². The lowest BCUT2D eigenvalue weighted by molar-refractivity contribution is 0.599. The van der Waals surface area contributed by atoms with Crippen LogP contribution in [0, 0.1) is 12.7 Å². The third-order valence-electron chi connectivity index (χ3n) is 2.67. The summed E-state index contributed by atoms with van der Waals surface area (Å²) in [7, 11) is -3.83. The standard InChI is InChI=1S/C13H12ClFN2O2S/c1-8-6-10(16)7-12(14)13(8)17-20(18,19)11-4-2-9(15)3-5-11/h2-7,17H,16H2,1H3. The highest BCUT2D eigenvalue weighted by Gasteiger charge is 2.17. The van der Waals surface area contributed by atoms with Gasteiger partial charge in [0, 0.05) is 5.69 Å². The molecule has 106 valence electrons. The third-order valence-corrected chi connectivity index (χ3v) is 4.33. The van der Waals surface area contributed by atoms with E-state index in [-0.39, 0.29) is 15.6 Å². The second kappa shape index (κ2) is 5.30. The predicted octanol–water partition coefficient (Wildman–Crippen LogP) is 3.17. The van der Waals surface area contributed by atoms with Crippen molar-refractivity contribution in [1.82, 2.24) is 0 Å². The number of nitrogens with two attached hydrogens (primary N) is 1. The molecule has 0 aromatic heterocycles. The van der Waals surface area contributed by atoms with Gasteiger partial charge in [-0.2, -0.15) is 0 Å². The molecule has 3 N–H and O–H groups in total. The molecule has 4 nitrogen and oxygen atoms in total. The minimum atomic E-state index is -3.83. The minimum absolute atomic E-state index is 0.0498. The second-order valence-electron chi connectivity index (χ2n) is 4.25. The van der Waals surface area contributed by atoms with Gasteiger partial charge < -0.3 is 5.73 Å². The van der Waals surface area contributed by atoms with E-state index >= 15 is 0 Å². The summed E-state index contributed by atoms with van der Waals surface area (Å²) >= 11 is 5.99. The van der Waals surface area contributed by atoms with Gasteiger partial charge >= 0.3 is 0 Å². The lowest BCUT2D eigenvalue weighted by Crippen LogP contribution is -2.14. The molecule has 2 aromatic rings. The average molecular weight is 315 g/mol. The first-order valence-electron chi connectivity index (χ1n) is 5.63. The fourth-order valence-electron chi connectivity index (χ4n) is 1.71. The molecule has 7 heteroatoms. The van der Waals surface area contributed by atoms with Crippen LogP contribution in [-0.4, -0.2) is 8.42 Å². The Kier molecular flexibility index (Phi) is 3.87. The Bertz CT molecular complexity index is 722. The number of benzene rings is 2. The average Bonchev–Trinajstić information content (AvgIpc) is 2.34. The number of aryl methyl sites for hydroxylation is 1. The molecule has 0 unspecified atom stereocenters. The molecule has 0 aliphatic rings. The van der Waals surface area contributed by atoms with Gasteiger partial charge in [0.1, 0.15) is 5.82 Å². The van der Waals surface area contributed by atoms with Crippen molar-refractivity contribution >= 4 is 33.0 Å². The number of nitrogen functional groups attached to an aromatic ring is 1. The molecule has 0 saturated heterocycles. The maximum atomic E-state index is 12.8. The molecular formula is C13H12ClFN2O2S. The van der Waals surface area contributed by atoms with Gasteiger partial charge in [-0.1, -0.05) is 11.6 Å². The summed E-state index contributed by atoms with van der Waals surface area (Å²) in [5, 5.41) is 0.202. The monoisotopic (exact) mass is 314 g/mol. The van der Waals surface area contributed by atoms with Crippen molar-refractivity contribution in [3.05, 3.63) is 52.8 Å². The number of sulfonamides is 1. The van der Waals surface area contributed by atoms with Crippen molar-refractivity contribution in [2.45, 2.75) is 11.8 Å². The Morgan fingerprint density at radius 1 is 1.20 bits per heavy atom. The topological polar surface area (TPSA) is 72.2 Å². The molecule has 20 heavy (non-hydrogen) atoms. The summed E-state index contributed by atoms with van der Waals surface area (Å²) in [6, 6.07) is 7.57. The highest BCUT2D eigenvalue weighted by atomic mass is 35.5. The number of nitrogens with one attached hydrogen (secondary N) is 1. The van der Waals surface area contributed by atoms with E-state index in [9.17, 15) is 12.8 Å². The van der Waals surface area contributed by atoms with E-state index < -0.39 is 15.8 Å². The molecule has 2 aromatic carbocycles. The maximum Gasteiger partial charge on any atom is 0.261 e. The van der Waals surface area contributed by atoms with Gasteiger partial charge in [-0.15, -0.1) is 0 Å². The van der Waals surface area contributed by atoms with Crippen LogP contribution < -0.4 is 10.5 Å². The summed E-state index contributed by atoms with van der Waals surface area (Å²) < 4.78 is 39.6. The molecular weight excluding hydrogens is 303 g/mol. The molecule has 0 fully saturated rings. The molecule has 0 heterocycles. The highest BCUT2D eigenvalue weighted by molar-refractivity contribution is 7.92. The summed E-state index contributed by atoms with van der Waals surface area (Å²) in [6.45, 7) is 1.69. The molecule has 0 amide bonds. The van der Waals surface area contributed by atoms with Gasteiger partial charge in [-0.05, 0) is 48.9 Å². The normalized spacial score (nSPS) is 11.3. The lowest BCUT2D eigenvalue weighted by Gasteiger charge is -2.13. The number of rotatable bonds is 3. The van der Waals surface area contributed by atoms with Crippen LogP contribution in [0.1, 0.15) is 5.56 Å². The third kappa shape index (κ3) is 3.02. The maximum absolute atomic E-state index is 12.8. The smallest absolute Gasteiger partial charge is 0.261 e. The van der Waals surface area contributed by atoms with Crippen LogP contribution in [-0.2, 0) is 10.0 Å². The van der Waals surface area contributed by atoms with Crippen molar-refractivity contribution in [3.8, 4) is 0 Å². The van der Waals surface area contributed by atoms with E-state index in [0.29, 0.717) is 11.3 Å². The zero-order valence-electron chi connectivity index (χ0n) is 10.5. The zero-order chi connectivity index (χ0) is 14.9. The minimum Gasteiger partial charge on any atom is -0.399 e. The van der Waals surface area contributed by atoms with E-state index in [0.717, 1.165) is 12.1 Å². The van der Waals surface area contributed by atoms with Crippen LogP contribution in [0.5, 0.6) is 0 Å². The van der Waals surface area contributed by atoms with Crippen LogP contribution in [0.4, 0.5) is 15.8 Å². The molecule has 0 bridgehead atoms. The largest absolute Gasteiger partial charge is 0.399 e. The van der Waals surface area contributed by atoms with E-state index in [4.69, 9.17) is 17.3 Å². The molecule has 0 aliphatic carbocycles. The quantitative estimate of drug-likeness (QED) is 0.855. The van der Waals surface area contributed by atoms with E-state index in [1.165, 1.54) is 18.2 Å². The predicted molar refractivity (Wildman–Crippen MR) is 77.8 cm³/mol. The van der Waals surface area contributed by atoms with Gasteiger partial charge in [-0.3, -0.25) is 4.72 Å². The molecule has 0 atom stereocenters. The van der Waals surface area contributed by atoms with Gasteiger partial charge in [0.25, 0.3) is 10.0 Å². The van der Waals surface area contributed by atoms with Gasteiger partial charge in [0.15, 0.2) is 0 Å². The highest BCUT2D eigenvalue weighted by Crippen LogP contribution is 2.30. The number of hydrogen-bond donors (Lipinski definition) is 2. The van der Waals surface area contributed by atoms with Crippen molar-refractivity contribution in [1.29, 1.82) is 0 Å². The molecule has 2 rings (SSSR count). The zero-order valence-corrected chi connectivity index (χ0v) is 12.1. The van der Waals surface area contributed by atoms with Crippen LogP contribution in [0.25, 0.3) is 0 Å². The van der Waals surface area contributed by atoms with Crippen molar-refractivity contribution in [2.75, 3.05) is 10.5 Å². The Labute approximate surface area is 121 Å². The summed E-state index contributed by atoms with van der Waals surface area (Å²) in [4.78, 5) is -0.0498. The SMILES string of the molecule is Cc1cc(N)cc(Cl)c1NS(=O)(=O)c1ccc(F)cc1. The molecule has 0 spiro atoms. The van der Waals surface area contributed by atoms with Gasteiger partial charge in [0.05, 0.1) is 15.6 Å². The Balaban J connectivity index is 2.41. The van der Waals surface area contributed by atoms with Crippen molar-refractivity contribution in [2.24, 2.45) is 0 Å². The number of anilines is 2. The van der Waals surface area contributed by atoms with E-state index in [1.54, 1.807) is 13.0 Å². The van der Waals surface area contributed by atoms with Crippen LogP contribution in [0.2, 0.25) is 5.02 Å². The Morgan fingerprint density at radius 2 is 1.80 bits per heavy atom. The van der Waals surface area contributed by atoms with E-state index in [1.807, 2.05) is 0 Å². The number of hydrogen-bond acceptors (Lipinski definition) is 3. The van der Waals surface area contributed by atoms with Gasteiger partial charge in [0.2, 0.25) is 0 Å². The summed E-state index contributed by atoms with van der Waals surface area (Å²) in [5.41, 5.74) is 6.91. The Hall–Kier alpha value is -1.79. The van der Waals surface area contributed by atoms with E-state index in [2.05, 4.69) is 4.72 Å². The second-order valence-corrected chi connectivity index (χ2v) is 6.34. The summed E-state index contributed by atoms with van der Waals surface area (Å²) in [6.07, 6.45) is 0. The molecule has 0 saturated carbocycles. The molecule has 0 radical (unpaired) electrons. The van der Waals surface area contributed by atoms with Crippen LogP contribution >= 0.6 is 11.6 Å².